The minimum absolute atomic E-state index is 0.0122. The van der Waals surface area contributed by atoms with Crippen LogP contribution in [0.1, 0.15) is 44.7 Å². The molecule has 0 aromatic heterocycles. The van der Waals surface area contributed by atoms with Crippen molar-refractivity contribution in [3.63, 3.8) is 0 Å². The third kappa shape index (κ3) is 3.46. The van der Waals surface area contributed by atoms with Crippen molar-refractivity contribution in [2.75, 3.05) is 19.7 Å². The summed E-state index contributed by atoms with van der Waals surface area (Å²) in [5, 5.41) is 0. The van der Waals surface area contributed by atoms with Gasteiger partial charge in [0.15, 0.2) is 0 Å². The van der Waals surface area contributed by atoms with Crippen molar-refractivity contribution in [1.29, 1.82) is 0 Å². The van der Waals surface area contributed by atoms with Crippen LogP contribution in [0.3, 0.4) is 0 Å². The van der Waals surface area contributed by atoms with E-state index in [0.29, 0.717) is 26.1 Å². The summed E-state index contributed by atoms with van der Waals surface area (Å²) in [5.74, 6) is 0.119. The van der Waals surface area contributed by atoms with Gasteiger partial charge in [-0.05, 0) is 32.3 Å². The van der Waals surface area contributed by atoms with Crippen molar-refractivity contribution in [3.8, 4) is 0 Å². The molecule has 2 aliphatic heterocycles. The van der Waals surface area contributed by atoms with Crippen molar-refractivity contribution in [1.82, 2.24) is 9.80 Å². The summed E-state index contributed by atoms with van der Waals surface area (Å²) in [6.45, 7) is 5.58. The smallest absolute Gasteiger partial charge is 0.245 e. The number of benzene rings is 1. The second-order valence-corrected chi connectivity index (χ2v) is 6.78. The molecule has 0 saturated carbocycles. The van der Waals surface area contributed by atoms with E-state index in [1.165, 1.54) is 0 Å². The van der Waals surface area contributed by atoms with E-state index in [0.717, 1.165) is 18.4 Å². The summed E-state index contributed by atoms with van der Waals surface area (Å²) in [6, 6.07) is 9.49. The van der Waals surface area contributed by atoms with Gasteiger partial charge in [-0.2, -0.15) is 0 Å². The number of nitrogens with zero attached hydrogens (tertiary/aromatic N) is 2. The molecule has 130 valence electrons. The number of amides is 2. The molecule has 1 aromatic carbocycles. The van der Waals surface area contributed by atoms with Crippen molar-refractivity contribution in [2.24, 2.45) is 0 Å². The Morgan fingerprint density at radius 1 is 1.25 bits per heavy atom. The molecular weight excluding hydrogens is 304 g/mol. The van der Waals surface area contributed by atoms with E-state index >= 15 is 0 Å². The number of carbonyl (C=O) groups is 2. The molecular formula is C19H26N2O3. The summed E-state index contributed by atoms with van der Waals surface area (Å²) < 4.78 is 5.80. The maximum absolute atomic E-state index is 13.1. The lowest BCUT2D eigenvalue weighted by atomic mass is 10.0. The Bertz CT molecular complexity index is 590. The van der Waals surface area contributed by atoms with Gasteiger partial charge < -0.3 is 14.5 Å². The average Bonchev–Trinajstić information content (AvgIpc) is 2.61. The molecule has 0 spiro atoms. The zero-order valence-corrected chi connectivity index (χ0v) is 14.5. The molecule has 3 atom stereocenters. The van der Waals surface area contributed by atoms with Gasteiger partial charge in [-0.3, -0.25) is 9.59 Å². The highest BCUT2D eigenvalue weighted by Gasteiger charge is 2.37. The Morgan fingerprint density at radius 3 is 2.71 bits per heavy atom. The number of likely N-dealkylation sites (tertiary alicyclic amines) is 1. The summed E-state index contributed by atoms with van der Waals surface area (Å²) in [6.07, 6.45) is 2.47. The third-order valence-corrected chi connectivity index (χ3v) is 5.02. The third-order valence-electron chi connectivity index (χ3n) is 5.02. The van der Waals surface area contributed by atoms with Crippen LogP contribution in [0.2, 0.25) is 0 Å². The molecule has 3 rings (SSSR count). The standard InChI is InChI=1S/C19H26N2O3/c1-14-12-21(17(13-24-14)16-8-4-3-5-9-16)19(23)15(2)20-11-7-6-10-18(20)22/h3-5,8-9,14-15,17H,6-7,10-13H2,1-2H3/t14-,15+,17+/m1/s1. The van der Waals surface area contributed by atoms with Gasteiger partial charge >= 0.3 is 0 Å². The fourth-order valence-electron chi connectivity index (χ4n) is 3.61. The highest BCUT2D eigenvalue weighted by Crippen LogP contribution is 2.28. The van der Waals surface area contributed by atoms with Crippen LogP contribution < -0.4 is 0 Å². The zero-order valence-electron chi connectivity index (χ0n) is 14.5. The Balaban J connectivity index is 1.80. The minimum atomic E-state index is -0.408. The summed E-state index contributed by atoms with van der Waals surface area (Å²) in [5.41, 5.74) is 1.08. The fourth-order valence-corrected chi connectivity index (χ4v) is 3.61. The first kappa shape index (κ1) is 17.0. The minimum Gasteiger partial charge on any atom is -0.374 e. The Morgan fingerprint density at radius 2 is 2.00 bits per heavy atom. The number of carbonyl (C=O) groups excluding carboxylic acids is 2. The lowest BCUT2D eigenvalue weighted by molar-refractivity contribution is -0.155. The average molecular weight is 330 g/mol. The number of hydrogen-bond acceptors (Lipinski definition) is 3. The summed E-state index contributed by atoms with van der Waals surface area (Å²) >= 11 is 0. The zero-order chi connectivity index (χ0) is 17.1. The van der Waals surface area contributed by atoms with Crippen molar-refractivity contribution in [3.05, 3.63) is 35.9 Å². The van der Waals surface area contributed by atoms with E-state index < -0.39 is 6.04 Å². The quantitative estimate of drug-likeness (QED) is 0.855. The van der Waals surface area contributed by atoms with Gasteiger partial charge in [0.25, 0.3) is 0 Å². The number of hydrogen-bond donors (Lipinski definition) is 0. The molecule has 2 aliphatic rings. The highest BCUT2D eigenvalue weighted by atomic mass is 16.5. The van der Waals surface area contributed by atoms with E-state index in [1.54, 1.807) is 4.90 Å². The first-order valence-corrected chi connectivity index (χ1v) is 8.84. The topological polar surface area (TPSA) is 49.9 Å². The maximum Gasteiger partial charge on any atom is 0.245 e. The summed E-state index contributed by atoms with van der Waals surface area (Å²) in [4.78, 5) is 29.0. The number of ether oxygens (including phenoxy) is 1. The first-order chi connectivity index (χ1) is 11.6. The number of morpholine rings is 1. The van der Waals surface area contributed by atoms with Crippen LogP contribution in [0.5, 0.6) is 0 Å². The molecule has 2 heterocycles. The molecule has 1 aromatic rings. The van der Waals surface area contributed by atoms with Crippen LogP contribution in [0.4, 0.5) is 0 Å². The lowest BCUT2D eigenvalue weighted by Gasteiger charge is -2.42. The van der Waals surface area contributed by atoms with Crippen LogP contribution in [0.25, 0.3) is 0 Å². The van der Waals surface area contributed by atoms with E-state index in [2.05, 4.69) is 0 Å². The van der Waals surface area contributed by atoms with Gasteiger partial charge in [0.1, 0.15) is 6.04 Å². The Kier molecular flexibility index (Phi) is 5.19. The van der Waals surface area contributed by atoms with Crippen LogP contribution in [0, 0.1) is 0 Å². The van der Waals surface area contributed by atoms with Crippen LogP contribution in [-0.2, 0) is 14.3 Å². The molecule has 0 bridgehead atoms. The Hall–Kier alpha value is -1.88. The molecule has 5 nitrogen and oxygen atoms in total. The maximum atomic E-state index is 13.1. The van der Waals surface area contributed by atoms with Crippen molar-refractivity contribution < 1.29 is 14.3 Å². The largest absolute Gasteiger partial charge is 0.374 e. The van der Waals surface area contributed by atoms with Crippen LogP contribution in [-0.4, -0.2) is 53.5 Å². The molecule has 2 saturated heterocycles. The van der Waals surface area contributed by atoms with E-state index in [1.807, 2.05) is 49.1 Å². The molecule has 2 fully saturated rings. The van der Waals surface area contributed by atoms with Gasteiger partial charge in [-0.15, -0.1) is 0 Å². The molecule has 2 amide bonds. The second kappa shape index (κ2) is 7.34. The SMILES string of the molecule is C[C@@H]1CN(C(=O)[C@H](C)N2CCCCC2=O)[C@H](c2ccccc2)CO1. The monoisotopic (exact) mass is 330 g/mol. The highest BCUT2D eigenvalue weighted by molar-refractivity contribution is 5.88. The molecule has 0 radical (unpaired) electrons. The van der Waals surface area contributed by atoms with E-state index in [9.17, 15) is 9.59 Å². The molecule has 0 N–H and O–H groups in total. The molecule has 0 aliphatic carbocycles. The summed E-state index contributed by atoms with van der Waals surface area (Å²) in [7, 11) is 0. The van der Waals surface area contributed by atoms with E-state index in [4.69, 9.17) is 4.74 Å². The molecule has 0 unspecified atom stereocenters. The lowest BCUT2D eigenvalue weighted by Crippen LogP contribution is -2.55. The van der Waals surface area contributed by atoms with Gasteiger partial charge in [-0.25, -0.2) is 0 Å². The van der Waals surface area contributed by atoms with Crippen molar-refractivity contribution in [2.45, 2.75) is 51.3 Å². The number of rotatable bonds is 3. The van der Waals surface area contributed by atoms with Gasteiger partial charge in [0.2, 0.25) is 11.8 Å². The predicted octanol–water partition coefficient (Wildman–Crippen LogP) is 2.38. The second-order valence-electron chi connectivity index (χ2n) is 6.78. The van der Waals surface area contributed by atoms with Crippen LogP contribution >= 0.6 is 0 Å². The van der Waals surface area contributed by atoms with E-state index in [-0.39, 0.29) is 24.0 Å². The fraction of sp³-hybridized carbons (Fsp3) is 0.579. The van der Waals surface area contributed by atoms with Crippen LogP contribution in [0.15, 0.2) is 30.3 Å². The Labute approximate surface area is 143 Å². The molecule has 24 heavy (non-hydrogen) atoms. The van der Waals surface area contributed by atoms with Gasteiger partial charge in [0, 0.05) is 19.5 Å². The normalized spacial score (nSPS) is 26.3. The van der Waals surface area contributed by atoms with Gasteiger partial charge in [-0.1, -0.05) is 30.3 Å². The first-order valence-electron chi connectivity index (χ1n) is 8.84. The number of piperidine rings is 1. The van der Waals surface area contributed by atoms with Gasteiger partial charge in [0.05, 0.1) is 18.8 Å². The van der Waals surface area contributed by atoms with Crippen molar-refractivity contribution >= 4 is 11.8 Å². The predicted molar refractivity (Wildman–Crippen MR) is 91.3 cm³/mol. The molecule has 5 heteroatoms.